The number of hydrogen-bond donors (Lipinski definition) is 1. The van der Waals surface area contributed by atoms with E-state index in [1.54, 1.807) is 29.6 Å². The van der Waals surface area contributed by atoms with E-state index in [2.05, 4.69) is 20.2 Å². The first kappa shape index (κ1) is 17.7. The zero-order valence-electron chi connectivity index (χ0n) is 15.5. The first-order valence-corrected chi connectivity index (χ1v) is 9.37. The maximum atomic E-state index is 12.7. The van der Waals surface area contributed by atoms with Gasteiger partial charge in [-0.3, -0.25) is 4.98 Å². The van der Waals surface area contributed by atoms with Gasteiger partial charge in [-0.05, 0) is 37.5 Å². The highest BCUT2D eigenvalue weighted by atomic mass is 16.5. The van der Waals surface area contributed by atoms with Crippen LogP contribution >= 0.6 is 0 Å². The van der Waals surface area contributed by atoms with Crippen LogP contribution in [-0.4, -0.2) is 58.7 Å². The molecule has 2 saturated heterocycles. The molecule has 0 aliphatic carbocycles. The summed E-state index contributed by atoms with van der Waals surface area (Å²) >= 11 is 0. The molecule has 0 spiro atoms. The largest absolute Gasteiger partial charge is 0.368 e. The molecule has 0 bridgehead atoms. The lowest BCUT2D eigenvalue weighted by Gasteiger charge is -2.33. The van der Waals surface area contributed by atoms with Gasteiger partial charge in [-0.15, -0.1) is 0 Å². The summed E-state index contributed by atoms with van der Waals surface area (Å²) in [6.07, 6.45) is 7.29. The number of aromatic nitrogens is 3. The van der Waals surface area contributed by atoms with Crippen molar-refractivity contribution < 1.29 is 9.53 Å². The second kappa shape index (κ2) is 7.87. The van der Waals surface area contributed by atoms with Gasteiger partial charge in [-0.25, -0.2) is 14.8 Å². The molecule has 142 valence electrons. The lowest BCUT2D eigenvalue weighted by atomic mass is 10.2. The van der Waals surface area contributed by atoms with Gasteiger partial charge in [0.1, 0.15) is 6.10 Å². The summed E-state index contributed by atoms with van der Waals surface area (Å²) < 4.78 is 5.90. The highest BCUT2D eigenvalue weighted by Gasteiger charge is 2.27. The molecular weight excluding hydrogens is 344 g/mol. The number of nitrogens with one attached hydrogen (secondary N) is 1. The van der Waals surface area contributed by atoms with Crippen LogP contribution in [0.5, 0.6) is 0 Å². The maximum Gasteiger partial charge on any atom is 0.322 e. The molecule has 2 aliphatic heterocycles. The lowest BCUT2D eigenvalue weighted by Crippen LogP contribution is -2.44. The molecule has 1 atom stereocenters. The predicted octanol–water partition coefficient (Wildman–Crippen LogP) is 2.39. The average Bonchev–Trinajstić information content (AvgIpc) is 3.25. The second-order valence-electron chi connectivity index (χ2n) is 6.90. The van der Waals surface area contributed by atoms with Crippen molar-refractivity contribution in [2.75, 3.05) is 43.0 Å². The van der Waals surface area contributed by atoms with E-state index < -0.39 is 0 Å². The summed E-state index contributed by atoms with van der Waals surface area (Å²) in [5, 5.41) is 2.96. The fraction of sp³-hybridized carbons (Fsp3) is 0.474. The third kappa shape index (κ3) is 4.00. The molecule has 2 aliphatic rings. The zero-order chi connectivity index (χ0) is 18.6. The van der Waals surface area contributed by atoms with Gasteiger partial charge in [0.15, 0.2) is 0 Å². The number of aryl methyl sites for hydroxylation is 1. The van der Waals surface area contributed by atoms with E-state index >= 15 is 0 Å². The van der Waals surface area contributed by atoms with Crippen LogP contribution in [0.2, 0.25) is 0 Å². The zero-order valence-corrected chi connectivity index (χ0v) is 15.5. The van der Waals surface area contributed by atoms with E-state index in [0.717, 1.165) is 36.0 Å². The number of urea groups is 1. The van der Waals surface area contributed by atoms with E-state index in [-0.39, 0.29) is 12.1 Å². The van der Waals surface area contributed by atoms with E-state index in [1.165, 1.54) is 12.8 Å². The van der Waals surface area contributed by atoms with E-state index in [1.807, 2.05) is 13.0 Å². The molecule has 0 radical (unpaired) electrons. The summed E-state index contributed by atoms with van der Waals surface area (Å²) in [7, 11) is 0. The standard InChI is InChI=1S/C19H24N6O2/c1-14-12-20-6-4-15(14)23-19(26)25-10-11-27-17(13-25)16-5-7-21-18(22-16)24-8-2-3-9-24/h4-7,12,17H,2-3,8-11,13H2,1H3,(H,20,23,26). The van der Waals surface area contributed by atoms with Gasteiger partial charge in [0.25, 0.3) is 0 Å². The van der Waals surface area contributed by atoms with Crippen LogP contribution in [0.25, 0.3) is 0 Å². The van der Waals surface area contributed by atoms with Crippen molar-refractivity contribution in [1.82, 2.24) is 19.9 Å². The number of hydrogen-bond acceptors (Lipinski definition) is 6. The molecule has 8 nitrogen and oxygen atoms in total. The van der Waals surface area contributed by atoms with E-state index in [0.29, 0.717) is 19.7 Å². The van der Waals surface area contributed by atoms with Gasteiger partial charge in [-0.2, -0.15) is 0 Å². The Hall–Kier alpha value is -2.74. The van der Waals surface area contributed by atoms with Crippen LogP contribution in [0.1, 0.15) is 30.2 Å². The monoisotopic (exact) mass is 368 g/mol. The number of nitrogens with zero attached hydrogens (tertiary/aromatic N) is 5. The Morgan fingerprint density at radius 2 is 2.07 bits per heavy atom. The highest BCUT2D eigenvalue weighted by molar-refractivity contribution is 5.90. The Kier molecular flexibility index (Phi) is 5.15. The Bertz CT molecular complexity index is 808. The van der Waals surface area contributed by atoms with Gasteiger partial charge < -0.3 is 19.9 Å². The summed E-state index contributed by atoms with van der Waals surface area (Å²) in [6, 6.07) is 3.54. The number of amides is 2. The molecule has 2 fully saturated rings. The molecule has 4 rings (SSSR count). The first-order valence-electron chi connectivity index (χ1n) is 9.37. The van der Waals surface area contributed by atoms with Crippen molar-refractivity contribution in [3.05, 3.63) is 42.0 Å². The Morgan fingerprint density at radius 1 is 1.22 bits per heavy atom. The van der Waals surface area contributed by atoms with Crippen molar-refractivity contribution in [3.8, 4) is 0 Å². The van der Waals surface area contributed by atoms with Crippen LogP contribution in [0, 0.1) is 6.92 Å². The topological polar surface area (TPSA) is 83.5 Å². The minimum Gasteiger partial charge on any atom is -0.368 e. The summed E-state index contributed by atoms with van der Waals surface area (Å²) in [5.41, 5.74) is 2.53. The van der Waals surface area contributed by atoms with Gasteiger partial charge in [0, 0.05) is 43.9 Å². The van der Waals surface area contributed by atoms with Crippen LogP contribution in [0.3, 0.4) is 0 Å². The number of ether oxygens (including phenoxy) is 1. The molecular formula is C19H24N6O2. The number of anilines is 2. The van der Waals surface area contributed by atoms with E-state index in [4.69, 9.17) is 9.72 Å². The van der Waals surface area contributed by atoms with Crippen molar-refractivity contribution >= 4 is 17.7 Å². The molecule has 4 heterocycles. The number of carbonyl (C=O) groups is 1. The summed E-state index contributed by atoms with van der Waals surface area (Å²) in [5.74, 6) is 0.752. The Balaban J connectivity index is 1.44. The predicted molar refractivity (Wildman–Crippen MR) is 102 cm³/mol. The second-order valence-corrected chi connectivity index (χ2v) is 6.90. The van der Waals surface area contributed by atoms with Crippen molar-refractivity contribution in [2.24, 2.45) is 0 Å². The lowest BCUT2D eigenvalue weighted by molar-refractivity contribution is -0.0157. The van der Waals surface area contributed by atoms with Gasteiger partial charge in [0.2, 0.25) is 5.95 Å². The van der Waals surface area contributed by atoms with Crippen LogP contribution < -0.4 is 10.2 Å². The minimum absolute atomic E-state index is 0.133. The molecule has 27 heavy (non-hydrogen) atoms. The number of morpholine rings is 1. The third-order valence-corrected chi connectivity index (χ3v) is 5.00. The normalized spacial score (nSPS) is 20.0. The summed E-state index contributed by atoms with van der Waals surface area (Å²) in [6.45, 7) is 5.41. The third-order valence-electron chi connectivity index (χ3n) is 5.00. The first-order chi connectivity index (χ1) is 13.2. The van der Waals surface area contributed by atoms with Crippen molar-refractivity contribution in [3.63, 3.8) is 0 Å². The minimum atomic E-state index is -0.243. The van der Waals surface area contributed by atoms with Gasteiger partial charge in [0.05, 0.1) is 18.8 Å². The molecule has 2 aromatic heterocycles. The molecule has 8 heteroatoms. The van der Waals surface area contributed by atoms with E-state index in [9.17, 15) is 4.79 Å². The maximum absolute atomic E-state index is 12.7. The van der Waals surface area contributed by atoms with Crippen LogP contribution in [0.4, 0.5) is 16.4 Å². The fourth-order valence-electron chi connectivity index (χ4n) is 3.43. The van der Waals surface area contributed by atoms with Gasteiger partial charge in [-0.1, -0.05) is 0 Å². The number of carbonyl (C=O) groups excluding carboxylic acids is 1. The van der Waals surface area contributed by atoms with Crippen LogP contribution in [0.15, 0.2) is 30.7 Å². The van der Waals surface area contributed by atoms with Crippen molar-refractivity contribution in [1.29, 1.82) is 0 Å². The van der Waals surface area contributed by atoms with Crippen LogP contribution in [-0.2, 0) is 4.74 Å². The molecule has 0 saturated carbocycles. The molecule has 2 aromatic rings. The quantitative estimate of drug-likeness (QED) is 0.896. The van der Waals surface area contributed by atoms with Crippen molar-refractivity contribution in [2.45, 2.75) is 25.9 Å². The molecule has 2 amide bonds. The number of pyridine rings is 1. The highest BCUT2D eigenvalue weighted by Crippen LogP contribution is 2.24. The SMILES string of the molecule is Cc1cnccc1NC(=O)N1CCOC(c2ccnc(N3CCCC3)n2)C1. The molecule has 1 N–H and O–H groups in total. The van der Waals surface area contributed by atoms with Gasteiger partial charge >= 0.3 is 6.03 Å². The Labute approximate surface area is 158 Å². The molecule has 1 unspecified atom stereocenters. The average molecular weight is 368 g/mol. The fourth-order valence-corrected chi connectivity index (χ4v) is 3.43. The smallest absolute Gasteiger partial charge is 0.322 e. The number of rotatable bonds is 3. The summed E-state index contributed by atoms with van der Waals surface area (Å²) in [4.78, 5) is 29.8. The Morgan fingerprint density at radius 3 is 2.89 bits per heavy atom. The molecule has 0 aromatic carbocycles.